The number of rotatable bonds is 11. The van der Waals surface area contributed by atoms with Crippen molar-refractivity contribution in [1.82, 2.24) is 14.7 Å². The molecule has 0 aliphatic carbocycles. The Morgan fingerprint density at radius 1 is 1.03 bits per heavy atom. The van der Waals surface area contributed by atoms with E-state index < -0.39 is 0 Å². The second kappa shape index (κ2) is 11.5. The summed E-state index contributed by atoms with van der Waals surface area (Å²) in [7, 11) is 1.62. The molecule has 0 aliphatic rings. The summed E-state index contributed by atoms with van der Waals surface area (Å²) in [5.74, 6) is -0.0450. The molecular formula is C22H24F2N4O2S. The minimum atomic E-state index is -0.306. The van der Waals surface area contributed by atoms with Crippen LogP contribution in [-0.2, 0) is 22.5 Å². The second-order valence-electron chi connectivity index (χ2n) is 6.93. The number of methoxy groups -OCH3 is 1. The highest BCUT2D eigenvalue weighted by molar-refractivity contribution is 7.09. The molecule has 2 aromatic carbocycles. The number of nitrogens with zero attached hydrogens (tertiary/aromatic N) is 3. The lowest BCUT2D eigenvalue weighted by Gasteiger charge is -2.20. The monoisotopic (exact) mass is 446 g/mol. The number of halogens is 2. The van der Waals surface area contributed by atoms with Crippen LogP contribution < -0.4 is 10.2 Å². The lowest BCUT2D eigenvalue weighted by Crippen LogP contribution is -2.32. The van der Waals surface area contributed by atoms with Gasteiger partial charge in [0.2, 0.25) is 11.0 Å². The third kappa shape index (κ3) is 7.37. The van der Waals surface area contributed by atoms with Crippen LogP contribution in [0.2, 0.25) is 0 Å². The molecule has 31 heavy (non-hydrogen) atoms. The zero-order valence-corrected chi connectivity index (χ0v) is 18.0. The Bertz CT molecular complexity index is 964. The van der Waals surface area contributed by atoms with Crippen molar-refractivity contribution in [2.75, 3.05) is 31.7 Å². The summed E-state index contributed by atoms with van der Waals surface area (Å²) in [5.41, 5.74) is 1.76. The lowest BCUT2D eigenvalue weighted by atomic mass is 10.1. The average Bonchev–Trinajstić information content (AvgIpc) is 3.23. The molecule has 9 heteroatoms. The van der Waals surface area contributed by atoms with Crippen LogP contribution in [0.3, 0.4) is 0 Å². The summed E-state index contributed by atoms with van der Waals surface area (Å²) in [6.45, 7) is 1.87. The van der Waals surface area contributed by atoms with E-state index >= 15 is 0 Å². The number of anilines is 1. The maximum absolute atomic E-state index is 13.1. The number of aromatic nitrogens is 2. The van der Waals surface area contributed by atoms with E-state index in [4.69, 9.17) is 4.74 Å². The van der Waals surface area contributed by atoms with E-state index in [1.54, 1.807) is 31.4 Å². The second-order valence-corrected chi connectivity index (χ2v) is 7.66. The molecule has 1 aromatic heterocycles. The molecule has 0 saturated carbocycles. The maximum Gasteiger partial charge on any atom is 0.222 e. The van der Waals surface area contributed by atoms with Gasteiger partial charge in [-0.15, -0.1) is 0 Å². The Balaban J connectivity index is 1.54. The largest absolute Gasteiger partial charge is 0.383 e. The highest BCUT2D eigenvalue weighted by Crippen LogP contribution is 2.19. The number of amides is 1. The van der Waals surface area contributed by atoms with Gasteiger partial charge in [-0.2, -0.15) is 4.37 Å². The van der Waals surface area contributed by atoms with Crippen LogP contribution in [0.5, 0.6) is 0 Å². The summed E-state index contributed by atoms with van der Waals surface area (Å²) < 4.78 is 35.6. The zero-order valence-electron chi connectivity index (χ0n) is 17.2. The Labute approximate surface area is 184 Å². The summed E-state index contributed by atoms with van der Waals surface area (Å²) >= 11 is 1.26. The molecule has 0 bridgehead atoms. The number of carbonyl (C=O) groups excluding carboxylic acids is 1. The van der Waals surface area contributed by atoms with Crippen molar-refractivity contribution in [3.63, 3.8) is 0 Å². The number of hydrogen-bond donors (Lipinski definition) is 1. The number of hydrogen-bond acceptors (Lipinski definition) is 6. The van der Waals surface area contributed by atoms with Crippen molar-refractivity contribution >= 4 is 22.6 Å². The molecule has 0 spiro atoms. The number of nitrogens with one attached hydrogen (secondary N) is 1. The molecule has 6 nitrogen and oxygen atoms in total. The fraction of sp³-hybridized carbons (Fsp3) is 0.318. The normalized spacial score (nSPS) is 10.8. The first kappa shape index (κ1) is 22.8. The Morgan fingerprint density at radius 3 is 2.32 bits per heavy atom. The molecule has 0 saturated heterocycles. The summed E-state index contributed by atoms with van der Waals surface area (Å²) in [6.07, 6.45) is 0.783. The zero-order chi connectivity index (χ0) is 22.1. The van der Waals surface area contributed by atoms with Crippen molar-refractivity contribution < 1.29 is 18.3 Å². The van der Waals surface area contributed by atoms with Crippen molar-refractivity contribution in [3.8, 4) is 0 Å². The molecular weight excluding hydrogens is 422 g/mol. The summed E-state index contributed by atoms with van der Waals surface area (Å²) in [6, 6.07) is 12.3. The van der Waals surface area contributed by atoms with Crippen LogP contribution in [0.4, 0.5) is 13.9 Å². The van der Waals surface area contributed by atoms with Gasteiger partial charge in [-0.3, -0.25) is 4.79 Å². The summed E-state index contributed by atoms with van der Waals surface area (Å²) in [4.78, 5) is 18.8. The lowest BCUT2D eigenvalue weighted by molar-refractivity contribution is -0.121. The molecule has 0 aliphatic heterocycles. The molecule has 0 unspecified atom stereocenters. The van der Waals surface area contributed by atoms with E-state index in [0.29, 0.717) is 43.6 Å². The van der Waals surface area contributed by atoms with E-state index in [1.807, 2.05) is 4.90 Å². The van der Waals surface area contributed by atoms with Crippen molar-refractivity contribution in [2.24, 2.45) is 0 Å². The van der Waals surface area contributed by atoms with Gasteiger partial charge in [0.15, 0.2) is 0 Å². The highest BCUT2D eigenvalue weighted by atomic mass is 32.1. The first-order chi connectivity index (χ1) is 15.0. The summed E-state index contributed by atoms with van der Waals surface area (Å²) in [5, 5.41) is 3.55. The van der Waals surface area contributed by atoms with Crippen molar-refractivity contribution in [1.29, 1.82) is 0 Å². The van der Waals surface area contributed by atoms with E-state index in [-0.39, 0.29) is 24.0 Å². The van der Waals surface area contributed by atoms with Gasteiger partial charge in [0.25, 0.3) is 0 Å². The fourth-order valence-electron chi connectivity index (χ4n) is 2.86. The minimum Gasteiger partial charge on any atom is -0.383 e. The van der Waals surface area contributed by atoms with E-state index in [1.165, 1.54) is 35.8 Å². The Morgan fingerprint density at radius 2 is 1.68 bits per heavy atom. The molecule has 164 valence electrons. The minimum absolute atomic E-state index is 0.109. The molecule has 1 amide bonds. The first-order valence-corrected chi connectivity index (χ1v) is 10.6. The van der Waals surface area contributed by atoms with Crippen LogP contribution in [0.25, 0.3) is 0 Å². The molecule has 0 fully saturated rings. The third-order valence-corrected chi connectivity index (χ3v) is 5.40. The molecule has 1 heterocycles. The van der Waals surface area contributed by atoms with Gasteiger partial charge in [-0.05, 0) is 35.4 Å². The van der Waals surface area contributed by atoms with Crippen LogP contribution in [0.15, 0.2) is 48.5 Å². The van der Waals surface area contributed by atoms with Gasteiger partial charge in [-0.25, -0.2) is 13.8 Å². The topological polar surface area (TPSA) is 67.3 Å². The molecule has 3 aromatic rings. The van der Waals surface area contributed by atoms with Gasteiger partial charge in [-0.1, -0.05) is 24.3 Å². The number of carbonyl (C=O) groups is 1. The average molecular weight is 447 g/mol. The molecule has 0 radical (unpaired) electrons. The van der Waals surface area contributed by atoms with Crippen LogP contribution in [0.1, 0.15) is 23.4 Å². The van der Waals surface area contributed by atoms with Crippen LogP contribution in [0, 0.1) is 11.6 Å². The maximum atomic E-state index is 13.1. The van der Waals surface area contributed by atoms with Crippen molar-refractivity contribution in [2.45, 2.75) is 19.4 Å². The van der Waals surface area contributed by atoms with Gasteiger partial charge >= 0.3 is 0 Å². The SMILES string of the molecule is COCCN(CCC(=O)NCc1ccc(F)cc1)c1nc(Cc2ccc(F)cc2)ns1. The number of benzene rings is 2. The van der Waals surface area contributed by atoms with E-state index in [0.717, 1.165) is 11.1 Å². The smallest absolute Gasteiger partial charge is 0.222 e. The fourth-order valence-corrected chi connectivity index (χ4v) is 3.60. The van der Waals surface area contributed by atoms with E-state index in [2.05, 4.69) is 14.7 Å². The molecule has 1 N–H and O–H groups in total. The third-order valence-electron chi connectivity index (χ3n) is 4.58. The van der Waals surface area contributed by atoms with Crippen LogP contribution >= 0.6 is 11.5 Å². The highest BCUT2D eigenvalue weighted by Gasteiger charge is 2.15. The van der Waals surface area contributed by atoms with E-state index in [9.17, 15) is 13.6 Å². The van der Waals surface area contributed by atoms with Crippen LogP contribution in [-0.4, -0.2) is 42.1 Å². The quantitative estimate of drug-likeness (QED) is 0.488. The van der Waals surface area contributed by atoms with Gasteiger partial charge < -0.3 is 15.0 Å². The van der Waals surface area contributed by atoms with Gasteiger partial charge in [0.1, 0.15) is 17.5 Å². The van der Waals surface area contributed by atoms with Crippen molar-refractivity contribution in [3.05, 3.63) is 77.1 Å². The predicted molar refractivity (Wildman–Crippen MR) is 116 cm³/mol. The van der Waals surface area contributed by atoms with Gasteiger partial charge in [0, 0.05) is 51.1 Å². The van der Waals surface area contributed by atoms with Gasteiger partial charge in [0.05, 0.1) is 6.61 Å². The molecule has 0 atom stereocenters. The Hall–Kier alpha value is -2.91. The predicted octanol–water partition coefficient (Wildman–Crippen LogP) is 3.57. The molecule has 3 rings (SSSR count). The standard InChI is InChI=1S/C22H24F2N4O2S/c1-30-13-12-28(11-10-21(29)25-15-17-4-8-19(24)9-5-17)22-26-20(27-31-22)14-16-2-6-18(23)7-3-16/h2-9H,10-15H2,1H3,(H,25,29). The first-order valence-electron chi connectivity index (χ1n) is 9.85. The number of ether oxygens (including phenoxy) is 1. The Kier molecular flexibility index (Phi) is 8.43.